The summed E-state index contributed by atoms with van der Waals surface area (Å²) in [5, 5.41) is 3.12. The van der Waals surface area contributed by atoms with Crippen LogP contribution in [-0.2, 0) is 10.0 Å². The van der Waals surface area contributed by atoms with E-state index in [1.807, 2.05) is 0 Å². The third kappa shape index (κ3) is 5.20. The SMILES string of the molecule is CNC(=O)c1c(-c2ccc(F)cc2)oc2cc(N(C)S(C)(=O)=O)c([C@H]3CCCN(C(=O)c4nc5ncccc5[nH]4)C3)cc12. The van der Waals surface area contributed by atoms with Gasteiger partial charge in [-0.3, -0.25) is 13.9 Å². The number of aromatic amines is 1. The van der Waals surface area contributed by atoms with Gasteiger partial charge in [0, 0.05) is 56.3 Å². The maximum atomic E-state index is 13.7. The number of rotatable bonds is 6. The van der Waals surface area contributed by atoms with Crippen molar-refractivity contribution in [2.45, 2.75) is 18.8 Å². The zero-order valence-electron chi connectivity index (χ0n) is 23.7. The number of nitrogens with zero attached hydrogens (tertiary/aromatic N) is 4. The molecule has 11 nitrogen and oxygen atoms in total. The van der Waals surface area contributed by atoms with Crippen LogP contribution in [0.5, 0.6) is 0 Å². The van der Waals surface area contributed by atoms with Crippen molar-refractivity contribution in [3.8, 4) is 11.3 Å². The molecule has 1 saturated heterocycles. The summed E-state index contributed by atoms with van der Waals surface area (Å²) in [4.78, 5) is 40.0. The summed E-state index contributed by atoms with van der Waals surface area (Å²) in [7, 11) is -0.731. The summed E-state index contributed by atoms with van der Waals surface area (Å²) >= 11 is 0. The van der Waals surface area contributed by atoms with Gasteiger partial charge in [0.15, 0.2) is 11.5 Å². The number of sulfonamides is 1. The Morgan fingerprint density at radius 1 is 1.19 bits per heavy atom. The van der Waals surface area contributed by atoms with Crippen LogP contribution in [0, 0.1) is 5.82 Å². The molecule has 0 aliphatic carbocycles. The lowest BCUT2D eigenvalue weighted by molar-refractivity contribution is 0.0696. The maximum Gasteiger partial charge on any atom is 0.289 e. The largest absolute Gasteiger partial charge is 0.455 e. The molecule has 4 heterocycles. The molecule has 1 aliphatic heterocycles. The van der Waals surface area contributed by atoms with Crippen molar-refractivity contribution in [1.82, 2.24) is 25.2 Å². The maximum absolute atomic E-state index is 13.7. The first kappa shape index (κ1) is 28.3. The smallest absolute Gasteiger partial charge is 0.289 e. The van der Waals surface area contributed by atoms with E-state index in [1.54, 1.807) is 35.4 Å². The number of hydrogen-bond donors (Lipinski definition) is 2. The number of nitrogens with one attached hydrogen (secondary N) is 2. The van der Waals surface area contributed by atoms with Crippen molar-refractivity contribution < 1.29 is 26.8 Å². The van der Waals surface area contributed by atoms with Crippen LogP contribution in [0.25, 0.3) is 33.5 Å². The lowest BCUT2D eigenvalue weighted by Crippen LogP contribution is -2.40. The van der Waals surface area contributed by atoms with Gasteiger partial charge >= 0.3 is 0 Å². The molecular weight excluding hydrogens is 575 g/mol. The Hall–Kier alpha value is -4.78. The predicted molar refractivity (Wildman–Crippen MR) is 160 cm³/mol. The van der Waals surface area contributed by atoms with Gasteiger partial charge in [0.05, 0.1) is 23.0 Å². The first-order chi connectivity index (χ1) is 20.5. The van der Waals surface area contributed by atoms with Gasteiger partial charge in [-0.15, -0.1) is 0 Å². The van der Waals surface area contributed by atoms with E-state index in [4.69, 9.17) is 4.42 Å². The average Bonchev–Trinajstić information content (AvgIpc) is 3.61. The lowest BCUT2D eigenvalue weighted by Gasteiger charge is -2.34. The molecule has 3 aromatic heterocycles. The summed E-state index contributed by atoms with van der Waals surface area (Å²) in [6.07, 6.45) is 4.06. The van der Waals surface area contributed by atoms with Gasteiger partial charge in [0.25, 0.3) is 11.8 Å². The molecule has 2 N–H and O–H groups in total. The number of piperidine rings is 1. The fourth-order valence-corrected chi connectivity index (χ4v) is 6.11. The van der Waals surface area contributed by atoms with Gasteiger partial charge in [-0.2, -0.15) is 0 Å². The average molecular weight is 605 g/mol. The van der Waals surface area contributed by atoms with E-state index in [9.17, 15) is 22.4 Å². The number of amides is 2. The standard InChI is InChI=1S/C30H29FN6O5S/c1-32-29(38)25-21-14-20(18-6-5-13-37(16-18)30(39)28-34-22-7-4-12-33-27(22)35-28)23(36(2)43(3,40)41)15-24(21)42-26(25)17-8-10-19(31)11-9-17/h4,7-12,14-15,18H,5-6,13,16H2,1-3H3,(H,32,38)(H,33,34,35)/t18-/m0/s1. The fraction of sp³-hybridized carbons (Fsp3) is 0.267. The minimum Gasteiger partial charge on any atom is -0.455 e. The van der Waals surface area contributed by atoms with Crippen LogP contribution in [0.3, 0.4) is 0 Å². The number of H-pyrrole nitrogens is 1. The van der Waals surface area contributed by atoms with Crippen molar-refractivity contribution in [2.75, 3.05) is 37.7 Å². The van der Waals surface area contributed by atoms with Crippen molar-refractivity contribution in [2.24, 2.45) is 0 Å². The van der Waals surface area contributed by atoms with Crippen molar-refractivity contribution >= 4 is 49.7 Å². The van der Waals surface area contributed by atoms with Crippen molar-refractivity contribution in [3.63, 3.8) is 0 Å². The first-order valence-corrected chi connectivity index (χ1v) is 15.5. The highest BCUT2D eigenvalue weighted by Crippen LogP contribution is 2.42. The quantitative estimate of drug-likeness (QED) is 0.295. The van der Waals surface area contributed by atoms with E-state index in [0.29, 0.717) is 64.9 Å². The molecule has 1 aliphatic rings. The molecule has 0 bridgehead atoms. The number of hydrogen-bond acceptors (Lipinski definition) is 7. The molecule has 222 valence electrons. The summed E-state index contributed by atoms with van der Waals surface area (Å²) in [6, 6.07) is 12.5. The second kappa shape index (κ2) is 10.8. The third-order valence-electron chi connectivity index (χ3n) is 7.84. The Kier molecular flexibility index (Phi) is 7.12. The normalized spacial score (nSPS) is 15.6. The zero-order valence-corrected chi connectivity index (χ0v) is 24.5. The van der Waals surface area contributed by atoms with Gasteiger partial charge in [-0.25, -0.2) is 22.8 Å². The van der Waals surface area contributed by atoms with Gasteiger partial charge in [0.2, 0.25) is 10.0 Å². The van der Waals surface area contributed by atoms with Crippen LogP contribution in [0.1, 0.15) is 45.3 Å². The van der Waals surface area contributed by atoms with Gasteiger partial charge in [0.1, 0.15) is 17.2 Å². The zero-order chi connectivity index (χ0) is 30.5. The number of anilines is 1. The molecule has 2 amide bonds. The van der Waals surface area contributed by atoms with E-state index in [2.05, 4.69) is 20.3 Å². The molecule has 0 saturated carbocycles. The number of aromatic nitrogens is 3. The second-order valence-corrected chi connectivity index (χ2v) is 12.6. The van der Waals surface area contributed by atoms with Gasteiger partial charge < -0.3 is 19.6 Å². The molecule has 1 fully saturated rings. The summed E-state index contributed by atoms with van der Waals surface area (Å²) in [5.41, 5.74) is 3.17. The van der Waals surface area contributed by atoms with Gasteiger partial charge in [-0.05, 0) is 60.9 Å². The van der Waals surface area contributed by atoms with E-state index in [0.717, 1.165) is 6.26 Å². The van der Waals surface area contributed by atoms with E-state index in [1.165, 1.54) is 42.7 Å². The molecule has 43 heavy (non-hydrogen) atoms. The number of likely N-dealkylation sites (tertiary alicyclic amines) is 1. The van der Waals surface area contributed by atoms with Crippen LogP contribution in [-0.4, -0.2) is 73.5 Å². The fourth-order valence-electron chi connectivity index (χ4n) is 5.59. The molecule has 6 rings (SSSR count). The van der Waals surface area contributed by atoms with Crippen molar-refractivity contribution in [3.05, 3.63) is 77.5 Å². The predicted octanol–water partition coefficient (Wildman–Crippen LogP) is 4.29. The highest BCUT2D eigenvalue weighted by atomic mass is 32.2. The van der Waals surface area contributed by atoms with Crippen molar-refractivity contribution in [1.29, 1.82) is 0 Å². The minimum atomic E-state index is -3.69. The molecule has 0 unspecified atom stereocenters. The topological polar surface area (TPSA) is 142 Å². The molecular formula is C30H29FN6O5S. The number of fused-ring (bicyclic) bond motifs is 2. The molecule has 0 spiro atoms. The van der Waals surface area contributed by atoms with E-state index >= 15 is 0 Å². The number of furan rings is 1. The second-order valence-electron chi connectivity index (χ2n) is 10.6. The minimum absolute atomic E-state index is 0.180. The Labute approximate surface area is 246 Å². The summed E-state index contributed by atoms with van der Waals surface area (Å²) in [5.74, 6) is -0.971. The molecule has 13 heteroatoms. The highest BCUT2D eigenvalue weighted by Gasteiger charge is 2.32. The Balaban J connectivity index is 1.46. The molecule has 0 radical (unpaired) electrons. The van der Waals surface area contributed by atoms with E-state index < -0.39 is 21.7 Å². The Morgan fingerprint density at radius 2 is 1.95 bits per heavy atom. The number of halogens is 1. The Bertz CT molecular complexity index is 1950. The van der Waals surface area contributed by atoms with Crippen LogP contribution >= 0.6 is 0 Å². The van der Waals surface area contributed by atoms with Crippen LogP contribution in [0.4, 0.5) is 10.1 Å². The number of carbonyl (C=O) groups is 2. The number of imidazole rings is 1. The first-order valence-electron chi connectivity index (χ1n) is 13.7. The summed E-state index contributed by atoms with van der Waals surface area (Å²) in [6.45, 7) is 0.806. The number of carbonyl (C=O) groups excluding carboxylic acids is 2. The number of pyridine rings is 1. The van der Waals surface area contributed by atoms with Crippen LogP contribution in [0.2, 0.25) is 0 Å². The lowest BCUT2D eigenvalue weighted by atomic mass is 9.88. The van der Waals surface area contributed by atoms with E-state index in [-0.39, 0.29) is 29.0 Å². The Morgan fingerprint density at radius 3 is 2.65 bits per heavy atom. The summed E-state index contributed by atoms with van der Waals surface area (Å²) < 4.78 is 46.5. The monoisotopic (exact) mass is 604 g/mol. The van der Waals surface area contributed by atoms with Crippen LogP contribution < -0.4 is 9.62 Å². The third-order valence-corrected chi connectivity index (χ3v) is 9.03. The van der Waals surface area contributed by atoms with Gasteiger partial charge in [-0.1, -0.05) is 0 Å². The molecule has 1 atom stereocenters. The number of benzene rings is 2. The molecule has 2 aromatic carbocycles. The molecule has 5 aromatic rings. The highest BCUT2D eigenvalue weighted by molar-refractivity contribution is 7.92. The van der Waals surface area contributed by atoms with Crippen LogP contribution in [0.15, 0.2) is 59.1 Å².